The minimum Gasteiger partial charge on any atom is -0.486 e. The fourth-order valence-electron chi connectivity index (χ4n) is 8.68. The van der Waals surface area contributed by atoms with Gasteiger partial charge in [0.2, 0.25) is 0 Å². The Morgan fingerprint density at radius 1 is 0.672 bits per heavy atom. The normalized spacial score (nSPS) is 17.1. The van der Waals surface area contributed by atoms with Crippen molar-refractivity contribution in [3.05, 3.63) is 174 Å². The SMILES string of the molecule is C=CC1(C)Cc2cc(C(=O)CCc3c(C)cc(C)[nH]c3=O)cc(-c3ccc(C)nc3)c2O1.CCC1(C)Cc2cc(C(=O)CCc3c(C)cc(C)[nH]c3=O)cc(-c3ccc(C)nc3)c2O1. The van der Waals surface area contributed by atoms with Crippen LogP contribution in [0.1, 0.15) is 117 Å². The van der Waals surface area contributed by atoms with Crippen LogP contribution in [0.5, 0.6) is 11.5 Å². The van der Waals surface area contributed by atoms with Crippen molar-refractivity contribution in [1.29, 1.82) is 0 Å². The molecular formula is C54H58N4O6. The number of carbonyl (C=O) groups excluding carboxylic acids is 2. The lowest BCUT2D eigenvalue weighted by Gasteiger charge is -2.22. The minimum absolute atomic E-state index is 0.000650. The van der Waals surface area contributed by atoms with Crippen molar-refractivity contribution in [2.75, 3.05) is 0 Å². The van der Waals surface area contributed by atoms with Gasteiger partial charge in [0.1, 0.15) is 22.7 Å². The molecule has 330 valence electrons. The van der Waals surface area contributed by atoms with Crippen LogP contribution in [0.2, 0.25) is 0 Å². The minimum atomic E-state index is -0.511. The van der Waals surface area contributed by atoms with E-state index >= 15 is 0 Å². The Morgan fingerprint density at radius 3 is 1.53 bits per heavy atom. The van der Waals surface area contributed by atoms with Gasteiger partial charge in [-0.25, -0.2) is 0 Å². The molecule has 0 amide bonds. The quantitative estimate of drug-likeness (QED) is 0.0914. The molecule has 2 unspecified atom stereocenters. The molecule has 0 radical (unpaired) electrons. The van der Waals surface area contributed by atoms with E-state index in [2.05, 4.69) is 40.4 Å². The maximum absolute atomic E-state index is 13.2. The molecule has 0 aliphatic carbocycles. The summed E-state index contributed by atoms with van der Waals surface area (Å²) in [6, 6.07) is 19.5. The molecule has 0 saturated heterocycles. The fraction of sp³-hybridized carbons (Fsp3) is 0.333. The predicted molar refractivity (Wildman–Crippen MR) is 253 cm³/mol. The predicted octanol–water partition coefficient (Wildman–Crippen LogP) is 10.3. The first kappa shape index (κ1) is 45.3. The number of ketones is 2. The number of fused-ring (bicyclic) bond motifs is 2. The second kappa shape index (κ2) is 18.2. The van der Waals surface area contributed by atoms with Crippen molar-refractivity contribution in [3.8, 4) is 33.8 Å². The molecular weight excluding hydrogens is 801 g/mol. The van der Waals surface area contributed by atoms with E-state index in [1.165, 1.54) is 0 Å². The second-order valence-electron chi connectivity index (χ2n) is 18.0. The van der Waals surface area contributed by atoms with Crippen LogP contribution in [-0.2, 0) is 25.7 Å². The summed E-state index contributed by atoms with van der Waals surface area (Å²) < 4.78 is 12.6. The van der Waals surface area contributed by atoms with Crippen LogP contribution in [0.3, 0.4) is 0 Å². The number of H-pyrrole nitrogens is 2. The topological polar surface area (TPSA) is 144 Å². The summed E-state index contributed by atoms with van der Waals surface area (Å²) in [6.45, 7) is 21.6. The lowest BCUT2D eigenvalue weighted by molar-refractivity contribution is 0.0974. The molecule has 2 aliphatic rings. The van der Waals surface area contributed by atoms with Crippen LogP contribution in [0.25, 0.3) is 22.3 Å². The number of nitrogens with one attached hydrogen (secondary N) is 2. The number of aromatic amines is 2. The summed E-state index contributed by atoms with van der Waals surface area (Å²) >= 11 is 0. The molecule has 6 aromatic rings. The monoisotopic (exact) mass is 858 g/mol. The van der Waals surface area contributed by atoms with Crippen LogP contribution >= 0.6 is 0 Å². The van der Waals surface area contributed by atoms with Crippen molar-refractivity contribution >= 4 is 11.6 Å². The van der Waals surface area contributed by atoms with E-state index in [1.54, 1.807) is 12.3 Å². The van der Waals surface area contributed by atoms with Gasteiger partial charge in [-0.1, -0.05) is 25.6 Å². The van der Waals surface area contributed by atoms with Gasteiger partial charge < -0.3 is 19.4 Å². The van der Waals surface area contributed by atoms with E-state index in [1.807, 2.05) is 115 Å². The Morgan fingerprint density at radius 2 is 1.12 bits per heavy atom. The van der Waals surface area contributed by atoms with Gasteiger partial charge >= 0.3 is 0 Å². The van der Waals surface area contributed by atoms with Gasteiger partial charge in [-0.05, 0) is 152 Å². The molecule has 10 nitrogen and oxygen atoms in total. The number of aromatic nitrogens is 4. The summed E-state index contributed by atoms with van der Waals surface area (Å²) in [4.78, 5) is 65.6. The van der Waals surface area contributed by atoms with Gasteiger partial charge in [-0.2, -0.15) is 0 Å². The van der Waals surface area contributed by atoms with Crippen LogP contribution in [0.4, 0.5) is 0 Å². The van der Waals surface area contributed by atoms with Crippen molar-refractivity contribution in [3.63, 3.8) is 0 Å². The maximum atomic E-state index is 13.2. The number of benzene rings is 2. The Balaban J connectivity index is 0.000000191. The summed E-state index contributed by atoms with van der Waals surface area (Å²) in [7, 11) is 0. The zero-order valence-corrected chi connectivity index (χ0v) is 38.5. The third-order valence-corrected chi connectivity index (χ3v) is 12.6. The van der Waals surface area contributed by atoms with Crippen LogP contribution < -0.4 is 20.6 Å². The molecule has 0 bridgehead atoms. The van der Waals surface area contributed by atoms with E-state index in [0.29, 0.717) is 41.5 Å². The highest BCUT2D eigenvalue weighted by molar-refractivity contribution is 5.99. The number of rotatable bonds is 12. The average Bonchev–Trinajstić information content (AvgIpc) is 3.79. The molecule has 4 aromatic heterocycles. The zero-order valence-electron chi connectivity index (χ0n) is 38.5. The van der Waals surface area contributed by atoms with Crippen molar-refractivity contribution in [2.24, 2.45) is 0 Å². The van der Waals surface area contributed by atoms with E-state index in [0.717, 1.165) is 91.6 Å². The van der Waals surface area contributed by atoms with Crippen molar-refractivity contribution in [1.82, 2.24) is 19.9 Å². The van der Waals surface area contributed by atoms with E-state index in [9.17, 15) is 19.2 Å². The molecule has 10 heteroatoms. The summed E-state index contributed by atoms with van der Waals surface area (Å²) in [6.07, 6.45) is 9.10. The Kier molecular flexibility index (Phi) is 12.9. The van der Waals surface area contributed by atoms with Crippen molar-refractivity contribution in [2.45, 2.75) is 118 Å². The molecule has 2 atom stereocenters. The number of hydrogen-bond donors (Lipinski definition) is 2. The summed E-state index contributed by atoms with van der Waals surface area (Å²) in [5.41, 5.74) is 12.6. The number of carbonyl (C=O) groups is 2. The molecule has 2 N–H and O–H groups in total. The molecule has 64 heavy (non-hydrogen) atoms. The molecule has 6 heterocycles. The molecule has 2 aliphatic heterocycles. The number of aryl methyl sites for hydroxylation is 6. The van der Waals surface area contributed by atoms with Gasteiger partial charge in [0.15, 0.2) is 11.6 Å². The third-order valence-electron chi connectivity index (χ3n) is 12.6. The Labute approximate surface area is 375 Å². The van der Waals surface area contributed by atoms with Gasteiger partial charge in [0.05, 0.1) is 0 Å². The zero-order chi connectivity index (χ0) is 46.1. The lowest BCUT2D eigenvalue weighted by Crippen LogP contribution is -2.28. The van der Waals surface area contributed by atoms with Gasteiger partial charge in [0.25, 0.3) is 11.1 Å². The van der Waals surface area contributed by atoms with Gasteiger partial charge in [-0.15, -0.1) is 0 Å². The number of hydrogen-bond acceptors (Lipinski definition) is 8. The highest BCUT2D eigenvalue weighted by Gasteiger charge is 2.37. The largest absolute Gasteiger partial charge is 0.486 e. The number of ether oxygens (including phenoxy) is 2. The van der Waals surface area contributed by atoms with E-state index in [-0.39, 0.29) is 41.1 Å². The van der Waals surface area contributed by atoms with Crippen LogP contribution in [0, 0.1) is 41.5 Å². The first-order chi connectivity index (χ1) is 30.4. The first-order valence-electron chi connectivity index (χ1n) is 22.0. The maximum Gasteiger partial charge on any atom is 0.251 e. The van der Waals surface area contributed by atoms with Gasteiger partial charge in [0, 0.05) is 105 Å². The molecule has 0 saturated carbocycles. The van der Waals surface area contributed by atoms with E-state index in [4.69, 9.17) is 9.47 Å². The molecule has 0 spiro atoms. The third kappa shape index (κ3) is 9.76. The highest BCUT2D eigenvalue weighted by atomic mass is 16.5. The highest BCUT2D eigenvalue weighted by Crippen LogP contribution is 2.45. The van der Waals surface area contributed by atoms with Crippen LogP contribution in [0.15, 0.2) is 95.3 Å². The standard InChI is InChI=1S/C27H30N2O3.C27H28N2O3/c2*1-6-27(5)14-21-12-20(13-23(25(21)32-27)19-8-7-17(3)28-15-19)24(30)10-9-22-16(2)11-18(4)29-26(22)31/h7-8,11-13,15H,6,9-10,14H2,1-5H3,(H,29,31);6-8,11-13,15H,1,9-10,14H2,2-5H3,(H,29,31). The molecule has 8 rings (SSSR count). The average molecular weight is 859 g/mol. The first-order valence-corrected chi connectivity index (χ1v) is 22.0. The Hall–Kier alpha value is -6.68. The number of nitrogens with zero attached hydrogens (tertiary/aromatic N) is 2. The summed E-state index contributed by atoms with van der Waals surface area (Å²) in [5, 5.41) is 0. The second-order valence-corrected chi connectivity index (χ2v) is 18.0. The smallest absolute Gasteiger partial charge is 0.251 e. The van der Waals surface area contributed by atoms with Crippen molar-refractivity contribution < 1.29 is 19.1 Å². The number of Topliss-reactive ketones (excluding diaryl/α,β-unsaturated/α-hetero) is 2. The Bertz CT molecular complexity index is 2910. The molecule has 0 fully saturated rings. The van der Waals surface area contributed by atoms with E-state index < -0.39 is 5.60 Å². The number of pyridine rings is 4. The summed E-state index contributed by atoms with van der Waals surface area (Å²) in [5.74, 6) is 1.65. The van der Waals surface area contributed by atoms with Gasteiger partial charge in [-0.3, -0.25) is 29.1 Å². The molecule has 2 aromatic carbocycles. The lowest BCUT2D eigenvalue weighted by atomic mass is 9.91. The fourth-order valence-corrected chi connectivity index (χ4v) is 8.68. The van der Waals surface area contributed by atoms with Crippen LogP contribution in [-0.4, -0.2) is 42.7 Å².